The number of likely N-dealkylation sites (tertiary alicyclic amines) is 1. The molecule has 16 heavy (non-hydrogen) atoms. The van der Waals surface area contributed by atoms with Gasteiger partial charge >= 0.3 is 0 Å². The predicted molar refractivity (Wildman–Crippen MR) is 66.7 cm³/mol. The SMILES string of the molecule is CCCCN1C[C@H](SC)[C@@H](O)[C@H](O)C1CO. The van der Waals surface area contributed by atoms with Crippen LogP contribution in [0.3, 0.4) is 0 Å². The molecular weight excluding hydrogens is 226 g/mol. The molecule has 1 fully saturated rings. The highest BCUT2D eigenvalue weighted by Gasteiger charge is 2.40. The van der Waals surface area contributed by atoms with E-state index in [1.165, 1.54) is 0 Å². The first-order valence-electron chi connectivity index (χ1n) is 5.89. The maximum Gasteiger partial charge on any atom is 0.0987 e. The van der Waals surface area contributed by atoms with Crippen LogP contribution < -0.4 is 0 Å². The van der Waals surface area contributed by atoms with E-state index in [1.54, 1.807) is 11.8 Å². The van der Waals surface area contributed by atoms with Gasteiger partial charge in [-0.1, -0.05) is 13.3 Å². The molecule has 0 aromatic rings. The Kier molecular flexibility index (Phi) is 6.07. The summed E-state index contributed by atoms with van der Waals surface area (Å²) < 4.78 is 0. The first-order valence-corrected chi connectivity index (χ1v) is 7.18. The Morgan fingerprint density at radius 2 is 2.00 bits per heavy atom. The Bertz CT molecular complexity index is 206. The number of thioether (sulfide) groups is 1. The van der Waals surface area contributed by atoms with Crippen LogP contribution in [0.1, 0.15) is 19.8 Å². The second-order valence-corrected chi connectivity index (χ2v) is 5.43. The number of aliphatic hydroxyl groups is 3. The fraction of sp³-hybridized carbons (Fsp3) is 1.00. The molecule has 1 aliphatic rings. The van der Waals surface area contributed by atoms with E-state index in [0.717, 1.165) is 25.9 Å². The summed E-state index contributed by atoms with van der Waals surface area (Å²) in [5.74, 6) is 0. The molecular formula is C11H23NO3S. The van der Waals surface area contributed by atoms with Gasteiger partial charge in [-0.25, -0.2) is 0 Å². The molecule has 1 rings (SSSR count). The van der Waals surface area contributed by atoms with E-state index in [1.807, 2.05) is 6.26 Å². The summed E-state index contributed by atoms with van der Waals surface area (Å²) in [5, 5.41) is 29.1. The molecule has 1 aliphatic heterocycles. The molecule has 0 saturated carbocycles. The van der Waals surface area contributed by atoms with Crippen molar-refractivity contribution in [3.05, 3.63) is 0 Å². The lowest BCUT2D eigenvalue weighted by atomic mass is 9.95. The molecule has 0 spiro atoms. The second kappa shape index (κ2) is 6.81. The van der Waals surface area contributed by atoms with E-state index in [4.69, 9.17) is 0 Å². The lowest BCUT2D eigenvalue weighted by Gasteiger charge is -2.44. The van der Waals surface area contributed by atoms with Gasteiger partial charge in [0.2, 0.25) is 0 Å². The molecule has 4 nitrogen and oxygen atoms in total. The molecule has 1 heterocycles. The third-order valence-corrected chi connectivity index (χ3v) is 4.33. The maximum absolute atomic E-state index is 9.94. The van der Waals surface area contributed by atoms with Gasteiger partial charge in [-0.05, 0) is 19.2 Å². The van der Waals surface area contributed by atoms with Gasteiger partial charge in [-0.2, -0.15) is 11.8 Å². The van der Waals surface area contributed by atoms with E-state index in [0.29, 0.717) is 0 Å². The van der Waals surface area contributed by atoms with Crippen molar-refractivity contribution >= 4 is 11.8 Å². The first kappa shape index (κ1) is 14.3. The van der Waals surface area contributed by atoms with Crippen LogP contribution >= 0.6 is 11.8 Å². The number of nitrogens with zero attached hydrogens (tertiary/aromatic N) is 1. The van der Waals surface area contributed by atoms with E-state index >= 15 is 0 Å². The fourth-order valence-corrected chi connectivity index (χ4v) is 2.97. The summed E-state index contributed by atoms with van der Waals surface area (Å²) in [6.07, 6.45) is 2.52. The molecule has 0 aliphatic carbocycles. The van der Waals surface area contributed by atoms with Gasteiger partial charge in [0, 0.05) is 11.8 Å². The van der Waals surface area contributed by atoms with Crippen molar-refractivity contribution in [2.24, 2.45) is 0 Å². The van der Waals surface area contributed by atoms with Crippen molar-refractivity contribution in [2.45, 2.75) is 43.3 Å². The summed E-state index contributed by atoms with van der Waals surface area (Å²) in [7, 11) is 0. The van der Waals surface area contributed by atoms with Crippen LogP contribution in [-0.4, -0.2) is 69.7 Å². The van der Waals surface area contributed by atoms with Gasteiger partial charge in [0.05, 0.1) is 24.9 Å². The minimum atomic E-state index is -0.840. The third kappa shape index (κ3) is 3.11. The Balaban J connectivity index is 2.65. The molecule has 0 aromatic carbocycles. The zero-order valence-electron chi connectivity index (χ0n) is 10.0. The Morgan fingerprint density at radius 3 is 2.50 bits per heavy atom. The Morgan fingerprint density at radius 1 is 1.31 bits per heavy atom. The highest BCUT2D eigenvalue weighted by atomic mass is 32.2. The molecule has 0 amide bonds. The van der Waals surface area contributed by atoms with E-state index in [2.05, 4.69) is 11.8 Å². The van der Waals surface area contributed by atoms with Gasteiger partial charge in [-0.3, -0.25) is 4.90 Å². The number of unbranched alkanes of at least 4 members (excludes halogenated alkanes) is 1. The van der Waals surface area contributed by atoms with Crippen molar-refractivity contribution < 1.29 is 15.3 Å². The van der Waals surface area contributed by atoms with Crippen LogP contribution in [0.2, 0.25) is 0 Å². The molecule has 3 N–H and O–H groups in total. The standard InChI is InChI=1S/C11H23NO3S/c1-3-4-5-12-6-9(16-2)11(15)10(14)8(12)7-13/h8-11,13-15H,3-7H2,1-2H3/t8?,9-,10+,11+/m0/s1. The number of aliphatic hydroxyl groups excluding tert-OH is 3. The molecule has 1 unspecified atom stereocenters. The molecule has 4 atom stereocenters. The highest BCUT2D eigenvalue weighted by Crippen LogP contribution is 2.25. The first-order chi connectivity index (χ1) is 7.65. The van der Waals surface area contributed by atoms with Gasteiger partial charge in [0.25, 0.3) is 0 Å². The van der Waals surface area contributed by atoms with Crippen molar-refractivity contribution in [2.75, 3.05) is 26.0 Å². The van der Waals surface area contributed by atoms with E-state index in [9.17, 15) is 15.3 Å². The zero-order valence-corrected chi connectivity index (χ0v) is 10.9. The van der Waals surface area contributed by atoms with E-state index in [-0.39, 0.29) is 17.9 Å². The van der Waals surface area contributed by atoms with Crippen LogP contribution in [0, 0.1) is 0 Å². The largest absolute Gasteiger partial charge is 0.395 e. The molecule has 0 radical (unpaired) electrons. The van der Waals surface area contributed by atoms with Crippen molar-refractivity contribution in [1.29, 1.82) is 0 Å². The van der Waals surface area contributed by atoms with Crippen LogP contribution in [0.4, 0.5) is 0 Å². The topological polar surface area (TPSA) is 63.9 Å². The average molecular weight is 249 g/mol. The number of hydrogen-bond acceptors (Lipinski definition) is 5. The van der Waals surface area contributed by atoms with Crippen LogP contribution in [0.5, 0.6) is 0 Å². The number of piperidine rings is 1. The molecule has 5 heteroatoms. The van der Waals surface area contributed by atoms with Gasteiger partial charge in [-0.15, -0.1) is 0 Å². The summed E-state index contributed by atoms with van der Waals surface area (Å²) in [6, 6.07) is -0.315. The molecule has 1 saturated heterocycles. The van der Waals surface area contributed by atoms with Crippen LogP contribution in [0.25, 0.3) is 0 Å². The monoisotopic (exact) mass is 249 g/mol. The molecule has 0 bridgehead atoms. The van der Waals surface area contributed by atoms with Crippen LogP contribution in [-0.2, 0) is 0 Å². The summed E-state index contributed by atoms with van der Waals surface area (Å²) >= 11 is 1.57. The van der Waals surface area contributed by atoms with Crippen molar-refractivity contribution in [3.8, 4) is 0 Å². The highest BCUT2D eigenvalue weighted by molar-refractivity contribution is 7.99. The maximum atomic E-state index is 9.94. The Labute approximate surface area is 102 Å². The predicted octanol–water partition coefficient (Wildman–Crippen LogP) is -0.0836. The second-order valence-electron chi connectivity index (χ2n) is 4.35. The number of hydrogen-bond donors (Lipinski definition) is 3. The van der Waals surface area contributed by atoms with E-state index < -0.39 is 12.2 Å². The fourth-order valence-electron chi connectivity index (χ4n) is 2.19. The minimum Gasteiger partial charge on any atom is -0.395 e. The van der Waals surface area contributed by atoms with Gasteiger partial charge < -0.3 is 15.3 Å². The lowest BCUT2D eigenvalue weighted by molar-refractivity contribution is -0.0857. The average Bonchev–Trinajstić information content (AvgIpc) is 2.30. The molecule has 0 aromatic heterocycles. The Hall–Kier alpha value is 0.190. The lowest BCUT2D eigenvalue weighted by Crippen LogP contribution is -2.61. The quantitative estimate of drug-likeness (QED) is 0.636. The normalized spacial score (nSPS) is 36.6. The van der Waals surface area contributed by atoms with Crippen molar-refractivity contribution in [3.63, 3.8) is 0 Å². The summed E-state index contributed by atoms with van der Waals surface area (Å²) in [6.45, 7) is 3.64. The van der Waals surface area contributed by atoms with Gasteiger partial charge in [0.1, 0.15) is 0 Å². The van der Waals surface area contributed by atoms with Gasteiger partial charge in [0.15, 0.2) is 0 Å². The third-order valence-electron chi connectivity index (χ3n) is 3.30. The summed E-state index contributed by atoms with van der Waals surface area (Å²) in [4.78, 5) is 2.10. The number of rotatable bonds is 5. The summed E-state index contributed by atoms with van der Waals surface area (Å²) in [5.41, 5.74) is 0. The van der Waals surface area contributed by atoms with Crippen LogP contribution in [0.15, 0.2) is 0 Å². The van der Waals surface area contributed by atoms with Crippen molar-refractivity contribution in [1.82, 2.24) is 4.90 Å². The minimum absolute atomic E-state index is 0.0367. The smallest absolute Gasteiger partial charge is 0.0987 e. The zero-order chi connectivity index (χ0) is 12.1. The molecule has 96 valence electrons.